The summed E-state index contributed by atoms with van der Waals surface area (Å²) in [5.74, 6) is 0.177. The Balaban J connectivity index is 1.57. The van der Waals surface area contributed by atoms with Crippen molar-refractivity contribution in [2.75, 3.05) is 0 Å². The van der Waals surface area contributed by atoms with Crippen LogP contribution in [0.25, 0.3) is 10.1 Å². The molecule has 104 valence electrons. The Morgan fingerprint density at radius 1 is 1.30 bits per heavy atom. The SMILES string of the molecule is O=C(NC1CCC1)[C@H]1Cc2c(sc3ccccc23)CN1. The molecule has 1 aliphatic heterocycles. The van der Waals surface area contributed by atoms with Crippen molar-refractivity contribution in [2.24, 2.45) is 0 Å². The van der Waals surface area contributed by atoms with Crippen molar-refractivity contribution in [2.45, 2.75) is 44.3 Å². The monoisotopic (exact) mass is 286 g/mol. The maximum atomic E-state index is 12.3. The molecule has 1 aromatic carbocycles. The number of carbonyl (C=O) groups excluding carboxylic acids is 1. The van der Waals surface area contributed by atoms with Gasteiger partial charge in [0.25, 0.3) is 0 Å². The van der Waals surface area contributed by atoms with E-state index in [9.17, 15) is 4.79 Å². The van der Waals surface area contributed by atoms with Gasteiger partial charge in [0.15, 0.2) is 0 Å². The van der Waals surface area contributed by atoms with Crippen LogP contribution in [-0.4, -0.2) is 18.0 Å². The summed E-state index contributed by atoms with van der Waals surface area (Å²) in [4.78, 5) is 13.7. The van der Waals surface area contributed by atoms with Gasteiger partial charge in [-0.2, -0.15) is 0 Å². The lowest BCUT2D eigenvalue weighted by atomic mass is 9.92. The Labute approximate surface area is 122 Å². The van der Waals surface area contributed by atoms with Crippen molar-refractivity contribution < 1.29 is 4.79 Å². The molecule has 2 N–H and O–H groups in total. The molecule has 1 saturated carbocycles. The Hall–Kier alpha value is -1.39. The van der Waals surface area contributed by atoms with Crippen LogP contribution in [0.3, 0.4) is 0 Å². The van der Waals surface area contributed by atoms with Crippen molar-refractivity contribution in [3.05, 3.63) is 34.7 Å². The van der Waals surface area contributed by atoms with E-state index in [0.717, 1.165) is 25.8 Å². The lowest BCUT2D eigenvalue weighted by molar-refractivity contribution is -0.124. The van der Waals surface area contributed by atoms with Crippen molar-refractivity contribution in [3.63, 3.8) is 0 Å². The standard InChI is InChI=1S/C16H18N2OS/c19-16(18-10-4-3-5-10)13-8-12-11-6-1-2-7-14(11)20-15(12)9-17-13/h1-2,6-7,10,13,17H,3-5,8-9H2,(H,18,19)/t13-/m1/s1. The summed E-state index contributed by atoms with van der Waals surface area (Å²) < 4.78 is 1.33. The number of thiophene rings is 1. The molecule has 4 rings (SSSR count). The van der Waals surface area contributed by atoms with Crippen molar-refractivity contribution in [1.82, 2.24) is 10.6 Å². The predicted octanol–water partition coefficient (Wildman–Crippen LogP) is 2.58. The van der Waals surface area contributed by atoms with Gasteiger partial charge < -0.3 is 10.6 Å². The fourth-order valence-electron chi connectivity index (χ4n) is 3.05. The molecule has 2 heterocycles. The van der Waals surface area contributed by atoms with Gasteiger partial charge in [-0.3, -0.25) is 4.79 Å². The van der Waals surface area contributed by atoms with E-state index in [-0.39, 0.29) is 11.9 Å². The molecule has 20 heavy (non-hydrogen) atoms. The predicted molar refractivity (Wildman–Crippen MR) is 81.9 cm³/mol. The summed E-state index contributed by atoms with van der Waals surface area (Å²) in [7, 11) is 0. The van der Waals surface area contributed by atoms with Gasteiger partial charge in [0.2, 0.25) is 5.91 Å². The first kappa shape index (κ1) is 12.4. The number of hydrogen-bond donors (Lipinski definition) is 2. The number of carbonyl (C=O) groups is 1. The third kappa shape index (κ3) is 2.03. The molecule has 0 bridgehead atoms. The summed E-state index contributed by atoms with van der Waals surface area (Å²) in [6, 6.07) is 8.86. The topological polar surface area (TPSA) is 41.1 Å². The first-order valence-electron chi connectivity index (χ1n) is 7.34. The molecular formula is C16H18N2OS. The Morgan fingerprint density at radius 3 is 2.95 bits per heavy atom. The molecule has 0 unspecified atom stereocenters. The molecule has 2 aliphatic rings. The van der Waals surface area contributed by atoms with Crippen molar-refractivity contribution in [3.8, 4) is 0 Å². The Morgan fingerprint density at radius 2 is 2.15 bits per heavy atom. The summed E-state index contributed by atoms with van der Waals surface area (Å²) in [6.45, 7) is 0.817. The molecule has 3 nitrogen and oxygen atoms in total. The molecular weight excluding hydrogens is 268 g/mol. The van der Waals surface area contributed by atoms with Crippen LogP contribution in [0.4, 0.5) is 0 Å². The van der Waals surface area contributed by atoms with E-state index >= 15 is 0 Å². The van der Waals surface area contributed by atoms with E-state index < -0.39 is 0 Å². The van der Waals surface area contributed by atoms with E-state index in [4.69, 9.17) is 0 Å². The zero-order chi connectivity index (χ0) is 13.5. The second-order valence-corrected chi connectivity index (χ2v) is 6.91. The third-order valence-electron chi connectivity index (χ3n) is 4.47. The van der Waals surface area contributed by atoms with E-state index in [1.165, 1.54) is 26.9 Å². The minimum Gasteiger partial charge on any atom is -0.352 e. The Kier molecular flexibility index (Phi) is 3.00. The summed E-state index contributed by atoms with van der Waals surface area (Å²) >= 11 is 1.85. The highest BCUT2D eigenvalue weighted by Gasteiger charge is 2.29. The second-order valence-electron chi connectivity index (χ2n) is 5.77. The van der Waals surface area contributed by atoms with Crippen molar-refractivity contribution in [1.29, 1.82) is 0 Å². The van der Waals surface area contributed by atoms with Crippen LogP contribution in [0.1, 0.15) is 29.7 Å². The van der Waals surface area contributed by atoms with Crippen LogP contribution >= 0.6 is 11.3 Å². The Bertz CT molecular complexity index is 660. The number of benzene rings is 1. The van der Waals surface area contributed by atoms with E-state index in [1.807, 2.05) is 11.3 Å². The largest absolute Gasteiger partial charge is 0.352 e. The lowest BCUT2D eigenvalue weighted by Crippen LogP contribution is -2.51. The van der Waals surface area contributed by atoms with Crippen LogP contribution < -0.4 is 10.6 Å². The van der Waals surface area contributed by atoms with Gasteiger partial charge in [-0.1, -0.05) is 18.2 Å². The molecule has 2 aromatic rings. The van der Waals surface area contributed by atoms with Gasteiger partial charge in [0, 0.05) is 22.2 Å². The van der Waals surface area contributed by atoms with Gasteiger partial charge in [-0.05, 0) is 42.7 Å². The normalized spacial score (nSPS) is 22.3. The van der Waals surface area contributed by atoms with Crippen LogP contribution in [0, 0.1) is 0 Å². The van der Waals surface area contributed by atoms with Crippen LogP contribution in [0.5, 0.6) is 0 Å². The van der Waals surface area contributed by atoms with E-state index in [0.29, 0.717) is 6.04 Å². The molecule has 1 aromatic heterocycles. The summed E-state index contributed by atoms with van der Waals surface area (Å²) in [6.07, 6.45) is 4.36. The summed E-state index contributed by atoms with van der Waals surface area (Å²) in [5.41, 5.74) is 1.37. The zero-order valence-electron chi connectivity index (χ0n) is 11.3. The van der Waals surface area contributed by atoms with Gasteiger partial charge in [-0.25, -0.2) is 0 Å². The molecule has 0 spiro atoms. The van der Waals surface area contributed by atoms with Crippen LogP contribution in [0.15, 0.2) is 24.3 Å². The highest BCUT2D eigenvalue weighted by atomic mass is 32.1. The van der Waals surface area contributed by atoms with Gasteiger partial charge in [0.05, 0.1) is 6.04 Å². The van der Waals surface area contributed by atoms with Gasteiger partial charge in [-0.15, -0.1) is 11.3 Å². The molecule has 1 atom stereocenters. The molecule has 0 saturated heterocycles. The quantitative estimate of drug-likeness (QED) is 0.891. The number of fused-ring (bicyclic) bond motifs is 3. The number of nitrogens with one attached hydrogen (secondary N) is 2. The molecule has 1 fully saturated rings. The fraction of sp³-hybridized carbons (Fsp3) is 0.438. The van der Waals surface area contributed by atoms with Crippen molar-refractivity contribution >= 4 is 27.3 Å². The zero-order valence-corrected chi connectivity index (χ0v) is 12.1. The van der Waals surface area contributed by atoms with E-state index in [1.54, 1.807) is 0 Å². The lowest BCUT2D eigenvalue weighted by Gasteiger charge is -2.30. The maximum Gasteiger partial charge on any atom is 0.237 e. The number of rotatable bonds is 2. The van der Waals surface area contributed by atoms with Crippen LogP contribution in [0.2, 0.25) is 0 Å². The minimum atomic E-state index is -0.0684. The average Bonchev–Trinajstić information content (AvgIpc) is 2.80. The number of amides is 1. The van der Waals surface area contributed by atoms with Gasteiger partial charge in [0.1, 0.15) is 0 Å². The summed E-state index contributed by atoms with van der Waals surface area (Å²) in [5, 5.41) is 7.88. The minimum absolute atomic E-state index is 0.0684. The smallest absolute Gasteiger partial charge is 0.237 e. The maximum absolute atomic E-state index is 12.3. The average molecular weight is 286 g/mol. The first-order valence-corrected chi connectivity index (χ1v) is 8.16. The molecule has 0 radical (unpaired) electrons. The third-order valence-corrected chi connectivity index (χ3v) is 5.68. The molecule has 1 amide bonds. The first-order chi connectivity index (χ1) is 9.81. The van der Waals surface area contributed by atoms with Crippen LogP contribution in [-0.2, 0) is 17.8 Å². The molecule has 4 heteroatoms. The fourth-order valence-corrected chi connectivity index (χ4v) is 4.23. The second kappa shape index (κ2) is 4.86. The number of hydrogen-bond acceptors (Lipinski definition) is 3. The van der Waals surface area contributed by atoms with E-state index in [2.05, 4.69) is 34.9 Å². The molecule has 1 aliphatic carbocycles. The highest BCUT2D eigenvalue weighted by molar-refractivity contribution is 7.19. The highest BCUT2D eigenvalue weighted by Crippen LogP contribution is 2.34. The van der Waals surface area contributed by atoms with Gasteiger partial charge >= 0.3 is 0 Å².